The third-order valence-corrected chi connectivity index (χ3v) is 4.29. The molecule has 0 bridgehead atoms. The molecule has 29 heavy (non-hydrogen) atoms. The molecule has 0 aliphatic rings. The van der Waals surface area contributed by atoms with Crippen molar-refractivity contribution < 1.29 is 13.5 Å². The first-order valence-electron chi connectivity index (χ1n) is 8.41. The van der Waals surface area contributed by atoms with Crippen molar-refractivity contribution in [3.05, 3.63) is 88.5 Å². The molecular weight excluding hydrogens is 375 g/mol. The van der Waals surface area contributed by atoms with E-state index in [0.29, 0.717) is 16.7 Å². The van der Waals surface area contributed by atoms with Gasteiger partial charge in [0.2, 0.25) is 0 Å². The van der Waals surface area contributed by atoms with Gasteiger partial charge in [-0.2, -0.15) is 5.26 Å². The summed E-state index contributed by atoms with van der Waals surface area (Å²) in [6.45, 7) is 0. The summed E-state index contributed by atoms with van der Waals surface area (Å²) in [5, 5.41) is 9.30. The predicted octanol–water partition coefficient (Wildman–Crippen LogP) is 3.12. The Morgan fingerprint density at radius 1 is 1.03 bits per heavy atom. The van der Waals surface area contributed by atoms with E-state index in [0.717, 1.165) is 12.1 Å². The van der Waals surface area contributed by atoms with E-state index in [9.17, 15) is 13.6 Å². The van der Waals surface area contributed by atoms with Crippen LogP contribution in [0.1, 0.15) is 5.56 Å². The summed E-state index contributed by atoms with van der Waals surface area (Å²) < 4.78 is 34.6. The quantitative estimate of drug-likeness (QED) is 0.509. The lowest BCUT2D eigenvalue weighted by Crippen LogP contribution is -2.19. The lowest BCUT2D eigenvalue weighted by atomic mass is 9.96. The second-order valence-electron chi connectivity index (χ2n) is 6.14. The molecule has 0 fully saturated rings. The van der Waals surface area contributed by atoms with Gasteiger partial charge in [0, 0.05) is 0 Å². The van der Waals surface area contributed by atoms with E-state index in [2.05, 4.69) is 4.98 Å². The molecule has 0 atom stereocenters. The molecule has 1 heterocycles. The van der Waals surface area contributed by atoms with E-state index in [1.807, 2.05) is 0 Å². The molecule has 8 heteroatoms. The molecule has 0 unspecified atom stereocenters. The summed E-state index contributed by atoms with van der Waals surface area (Å²) in [4.78, 5) is 17.2. The molecular formula is C21H10BF2N3O2. The Morgan fingerprint density at radius 2 is 1.76 bits per heavy atom. The highest BCUT2D eigenvalue weighted by molar-refractivity contribution is 6.32. The molecule has 0 N–H and O–H groups in total. The van der Waals surface area contributed by atoms with Gasteiger partial charge in [0.1, 0.15) is 37.4 Å². The molecule has 4 aromatic rings. The lowest BCUT2D eigenvalue weighted by molar-refractivity contribution is 0.435. The maximum atomic E-state index is 14.1. The fourth-order valence-corrected chi connectivity index (χ4v) is 2.84. The van der Waals surface area contributed by atoms with Crippen molar-refractivity contribution >= 4 is 24.2 Å². The Balaban J connectivity index is 1.82. The largest absolute Gasteiger partial charge is 0.453 e. The molecule has 2 radical (unpaired) electrons. The van der Waals surface area contributed by atoms with E-state index >= 15 is 0 Å². The molecule has 0 aliphatic heterocycles. The Kier molecular flexibility index (Phi) is 4.57. The highest BCUT2D eigenvalue weighted by Gasteiger charge is 2.17. The average Bonchev–Trinajstić information content (AvgIpc) is 2.72. The van der Waals surface area contributed by atoms with Gasteiger partial charge in [-0.1, -0.05) is 17.6 Å². The van der Waals surface area contributed by atoms with E-state index in [4.69, 9.17) is 17.8 Å². The number of hydrogen-bond acceptors (Lipinski definition) is 4. The van der Waals surface area contributed by atoms with Crippen molar-refractivity contribution in [2.45, 2.75) is 0 Å². The number of halogens is 2. The molecule has 3 aromatic carbocycles. The van der Waals surface area contributed by atoms with Crippen LogP contribution >= 0.6 is 0 Å². The fraction of sp³-hybridized carbons (Fsp3) is 0. The normalized spacial score (nSPS) is 10.7. The summed E-state index contributed by atoms with van der Waals surface area (Å²) in [7, 11) is 5.67. The van der Waals surface area contributed by atoms with Gasteiger partial charge in [0.15, 0.2) is 11.6 Å². The minimum Gasteiger partial charge on any atom is -0.453 e. The van der Waals surface area contributed by atoms with Crippen LogP contribution in [-0.4, -0.2) is 17.4 Å². The Labute approximate surface area is 164 Å². The third-order valence-electron chi connectivity index (χ3n) is 4.29. The van der Waals surface area contributed by atoms with Gasteiger partial charge in [0.25, 0.3) is 5.56 Å². The monoisotopic (exact) mass is 385 g/mol. The molecule has 0 spiro atoms. The van der Waals surface area contributed by atoms with Crippen LogP contribution in [0.5, 0.6) is 11.5 Å². The van der Waals surface area contributed by atoms with Crippen molar-refractivity contribution in [1.29, 1.82) is 5.26 Å². The molecule has 1 aromatic heterocycles. The number of aromatic nitrogens is 2. The summed E-state index contributed by atoms with van der Waals surface area (Å²) in [6.07, 6.45) is 1.39. The number of nitriles is 1. The van der Waals surface area contributed by atoms with Gasteiger partial charge in [-0.3, -0.25) is 9.36 Å². The highest BCUT2D eigenvalue weighted by Crippen LogP contribution is 2.30. The molecule has 5 nitrogen and oxygen atoms in total. The van der Waals surface area contributed by atoms with Crippen molar-refractivity contribution in [3.8, 4) is 23.3 Å². The number of ether oxygens (including phenoxy) is 1. The van der Waals surface area contributed by atoms with Crippen LogP contribution in [0, 0.1) is 23.0 Å². The average molecular weight is 385 g/mol. The standard InChI is InChI=1S/C21H10BF2N3O2/c22-12-1-3-13(4-2-12)27-11-26-19-8-5-14(9-15(19)21(27)28)29-20-16(10-25)17(23)6-7-18(20)24/h1-9,11H. The van der Waals surface area contributed by atoms with Crippen molar-refractivity contribution in [2.24, 2.45) is 0 Å². The van der Waals surface area contributed by atoms with Gasteiger partial charge in [-0.05, 0) is 42.5 Å². The molecule has 0 amide bonds. The SMILES string of the molecule is [B]c1ccc(-n2cnc3ccc(Oc4c(F)ccc(F)c4C#N)cc3c2=O)cc1. The number of fused-ring (bicyclic) bond motifs is 1. The second kappa shape index (κ2) is 7.21. The molecule has 0 saturated carbocycles. The molecule has 0 aliphatic carbocycles. The minimum absolute atomic E-state index is 0.0625. The van der Waals surface area contributed by atoms with Gasteiger partial charge in [-0.15, -0.1) is 0 Å². The van der Waals surface area contributed by atoms with Gasteiger partial charge in [0.05, 0.1) is 16.6 Å². The van der Waals surface area contributed by atoms with E-state index in [1.54, 1.807) is 30.3 Å². The molecule has 4 rings (SSSR count). The van der Waals surface area contributed by atoms with Gasteiger partial charge >= 0.3 is 0 Å². The second-order valence-corrected chi connectivity index (χ2v) is 6.14. The van der Waals surface area contributed by atoms with Crippen LogP contribution in [0.3, 0.4) is 0 Å². The first kappa shape index (κ1) is 18.4. The number of rotatable bonds is 3. The van der Waals surface area contributed by atoms with Crippen LogP contribution in [0.25, 0.3) is 16.6 Å². The third kappa shape index (κ3) is 3.34. The Hall–Kier alpha value is -3.99. The van der Waals surface area contributed by atoms with E-state index < -0.39 is 22.9 Å². The minimum atomic E-state index is -0.905. The summed E-state index contributed by atoms with van der Waals surface area (Å²) in [5.74, 6) is -2.28. The van der Waals surface area contributed by atoms with Gasteiger partial charge < -0.3 is 4.74 Å². The predicted molar refractivity (Wildman–Crippen MR) is 104 cm³/mol. The van der Waals surface area contributed by atoms with Crippen LogP contribution < -0.4 is 15.8 Å². The summed E-state index contributed by atoms with van der Waals surface area (Å²) >= 11 is 0. The molecule has 0 saturated heterocycles. The summed E-state index contributed by atoms with van der Waals surface area (Å²) in [5.41, 5.74) is 0.569. The number of hydrogen-bond donors (Lipinski definition) is 0. The zero-order chi connectivity index (χ0) is 20.5. The first-order chi connectivity index (χ1) is 14.0. The van der Waals surface area contributed by atoms with Crippen LogP contribution in [0.2, 0.25) is 0 Å². The zero-order valence-corrected chi connectivity index (χ0v) is 14.8. The summed E-state index contributed by atoms with van der Waals surface area (Å²) in [6, 6.07) is 14.3. The van der Waals surface area contributed by atoms with Crippen molar-refractivity contribution in [3.63, 3.8) is 0 Å². The highest BCUT2D eigenvalue weighted by atomic mass is 19.1. The number of benzene rings is 3. The van der Waals surface area contributed by atoms with Crippen molar-refractivity contribution in [2.75, 3.05) is 0 Å². The first-order valence-corrected chi connectivity index (χ1v) is 8.41. The fourth-order valence-electron chi connectivity index (χ4n) is 2.84. The van der Waals surface area contributed by atoms with E-state index in [1.165, 1.54) is 29.1 Å². The van der Waals surface area contributed by atoms with Crippen LogP contribution in [-0.2, 0) is 0 Å². The maximum absolute atomic E-state index is 14.1. The van der Waals surface area contributed by atoms with Crippen molar-refractivity contribution in [1.82, 2.24) is 9.55 Å². The lowest BCUT2D eigenvalue weighted by Gasteiger charge is -2.11. The maximum Gasteiger partial charge on any atom is 0.265 e. The van der Waals surface area contributed by atoms with Crippen LogP contribution in [0.4, 0.5) is 8.78 Å². The topological polar surface area (TPSA) is 67.9 Å². The number of nitrogens with zero attached hydrogens (tertiary/aromatic N) is 3. The van der Waals surface area contributed by atoms with E-state index in [-0.39, 0.29) is 16.7 Å². The van der Waals surface area contributed by atoms with Gasteiger partial charge in [-0.25, -0.2) is 13.8 Å². The molecule has 138 valence electrons. The van der Waals surface area contributed by atoms with Crippen LogP contribution in [0.15, 0.2) is 65.7 Å². The Morgan fingerprint density at radius 3 is 2.48 bits per heavy atom. The zero-order valence-electron chi connectivity index (χ0n) is 14.8. The smallest absolute Gasteiger partial charge is 0.265 e. The Bertz CT molecular complexity index is 1350.